The van der Waals surface area contributed by atoms with Crippen LogP contribution in [0.2, 0.25) is 0 Å². The number of rotatable bonds is 7. The number of carbonyl (C=O) groups excluding carboxylic acids is 2. The molecule has 3 aromatic carbocycles. The summed E-state index contributed by atoms with van der Waals surface area (Å²) >= 11 is 3.42. The van der Waals surface area contributed by atoms with E-state index in [1.807, 2.05) is 44.2 Å². The van der Waals surface area contributed by atoms with E-state index in [0.717, 1.165) is 5.56 Å². The SMILES string of the molecule is CCOc1ccc(C(=O)Nc2cccc(C(=O)NC(C)c3ccccc3)c2)cc1Br. The maximum Gasteiger partial charge on any atom is 0.255 e. The van der Waals surface area contributed by atoms with Crippen LogP contribution in [0, 0.1) is 0 Å². The summed E-state index contributed by atoms with van der Waals surface area (Å²) in [6.07, 6.45) is 0. The van der Waals surface area contributed by atoms with Crippen molar-refractivity contribution >= 4 is 33.4 Å². The molecule has 3 aromatic rings. The number of halogens is 1. The fraction of sp³-hybridized carbons (Fsp3) is 0.167. The van der Waals surface area contributed by atoms with E-state index >= 15 is 0 Å². The number of amides is 2. The Kier molecular flexibility index (Phi) is 7.25. The molecule has 0 aliphatic heterocycles. The molecule has 5 nitrogen and oxygen atoms in total. The van der Waals surface area contributed by atoms with Crippen molar-refractivity contribution in [2.45, 2.75) is 19.9 Å². The lowest BCUT2D eigenvalue weighted by Crippen LogP contribution is -2.26. The highest BCUT2D eigenvalue weighted by Crippen LogP contribution is 2.26. The van der Waals surface area contributed by atoms with Gasteiger partial charge in [-0.1, -0.05) is 36.4 Å². The van der Waals surface area contributed by atoms with Crippen LogP contribution < -0.4 is 15.4 Å². The number of ether oxygens (including phenoxy) is 1. The molecule has 1 atom stereocenters. The number of hydrogen-bond donors (Lipinski definition) is 2. The second-order valence-electron chi connectivity index (χ2n) is 6.72. The van der Waals surface area contributed by atoms with E-state index in [1.54, 1.807) is 42.5 Å². The van der Waals surface area contributed by atoms with Crippen molar-refractivity contribution in [3.05, 3.63) is 94.0 Å². The van der Waals surface area contributed by atoms with Gasteiger partial charge in [0.25, 0.3) is 11.8 Å². The molecule has 0 radical (unpaired) electrons. The monoisotopic (exact) mass is 466 g/mol. The van der Waals surface area contributed by atoms with Gasteiger partial charge in [0.05, 0.1) is 17.1 Å². The molecule has 0 bridgehead atoms. The van der Waals surface area contributed by atoms with Gasteiger partial charge >= 0.3 is 0 Å². The third-order valence-corrected chi connectivity index (χ3v) is 5.14. The number of nitrogens with one attached hydrogen (secondary N) is 2. The van der Waals surface area contributed by atoms with E-state index in [4.69, 9.17) is 4.74 Å². The van der Waals surface area contributed by atoms with Crippen LogP contribution in [-0.4, -0.2) is 18.4 Å². The molecule has 0 heterocycles. The van der Waals surface area contributed by atoms with Gasteiger partial charge in [0.2, 0.25) is 0 Å². The highest BCUT2D eigenvalue weighted by Gasteiger charge is 2.13. The topological polar surface area (TPSA) is 67.4 Å². The smallest absolute Gasteiger partial charge is 0.255 e. The summed E-state index contributed by atoms with van der Waals surface area (Å²) < 4.78 is 6.18. The van der Waals surface area contributed by atoms with E-state index in [1.165, 1.54) is 0 Å². The minimum atomic E-state index is -0.269. The molecule has 0 saturated heterocycles. The normalized spacial score (nSPS) is 11.4. The van der Waals surface area contributed by atoms with Crippen molar-refractivity contribution in [3.8, 4) is 5.75 Å². The number of carbonyl (C=O) groups is 2. The fourth-order valence-corrected chi connectivity index (χ4v) is 3.45. The van der Waals surface area contributed by atoms with Gasteiger partial charge in [0.1, 0.15) is 5.75 Å². The first-order valence-corrected chi connectivity index (χ1v) is 10.5. The van der Waals surface area contributed by atoms with Crippen molar-refractivity contribution in [3.63, 3.8) is 0 Å². The van der Waals surface area contributed by atoms with Crippen LogP contribution in [-0.2, 0) is 0 Å². The summed E-state index contributed by atoms with van der Waals surface area (Å²) in [5.74, 6) is 0.209. The molecule has 30 heavy (non-hydrogen) atoms. The van der Waals surface area contributed by atoms with Crippen LogP contribution in [0.3, 0.4) is 0 Å². The van der Waals surface area contributed by atoms with Gasteiger partial charge in [-0.25, -0.2) is 0 Å². The zero-order valence-corrected chi connectivity index (χ0v) is 18.4. The van der Waals surface area contributed by atoms with Gasteiger partial charge in [-0.05, 0) is 71.7 Å². The average Bonchev–Trinajstić information content (AvgIpc) is 2.76. The first kappa shape index (κ1) is 21.6. The average molecular weight is 467 g/mol. The van der Waals surface area contributed by atoms with Gasteiger partial charge in [-0.15, -0.1) is 0 Å². The summed E-state index contributed by atoms with van der Waals surface area (Å²) in [6, 6.07) is 21.6. The molecule has 0 fully saturated rings. The second-order valence-corrected chi connectivity index (χ2v) is 7.57. The summed E-state index contributed by atoms with van der Waals surface area (Å²) in [7, 11) is 0. The van der Waals surface area contributed by atoms with Crippen LogP contribution in [0.15, 0.2) is 77.3 Å². The Morgan fingerprint density at radius 3 is 2.37 bits per heavy atom. The predicted octanol–water partition coefficient (Wildman–Crippen LogP) is 5.59. The van der Waals surface area contributed by atoms with Crippen molar-refractivity contribution < 1.29 is 14.3 Å². The summed E-state index contributed by atoms with van der Waals surface area (Å²) in [4.78, 5) is 25.2. The first-order valence-electron chi connectivity index (χ1n) is 9.67. The molecule has 0 saturated carbocycles. The van der Waals surface area contributed by atoms with Crippen LogP contribution in [0.5, 0.6) is 5.75 Å². The van der Waals surface area contributed by atoms with Gasteiger partial charge in [0, 0.05) is 16.8 Å². The second kappa shape index (κ2) is 10.1. The largest absolute Gasteiger partial charge is 0.493 e. The third kappa shape index (κ3) is 5.48. The summed E-state index contributed by atoms with van der Waals surface area (Å²) in [5, 5.41) is 5.82. The summed E-state index contributed by atoms with van der Waals surface area (Å²) in [5.41, 5.74) is 2.53. The van der Waals surface area contributed by atoms with Gasteiger partial charge in [-0.3, -0.25) is 9.59 Å². The molecule has 0 aliphatic carbocycles. The zero-order chi connectivity index (χ0) is 21.5. The number of benzene rings is 3. The molecule has 0 spiro atoms. The van der Waals surface area contributed by atoms with Gasteiger partial charge in [-0.2, -0.15) is 0 Å². The highest BCUT2D eigenvalue weighted by molar-refractivity contribution is 9.10. The van der Waals surface area contributed by atoms with E-state index in [2.05, 4.69) is 26.6 Å². The van der Waals surface area contributed by atoms with Crippen molar-refractivity contribution in [2.75, 3.05) is 11.9 Å². The van der Waals surface area contributed by atoms with Crippen LogP contribution in [0.4, 0.5) is 5.69 Å². The van der Waals surface area contributed by atoms with E-state index < -0.39 is 0 Å². The Labute approximate surface area is 184 Å². The third-order valence-electron chi connectivity index (χ3n) is 4.52. The highest BCUT2D eigenvalue weighted by atomic mass is 79.9. The molecule has 0 aliphatic rings. The Hall–Kier alpha value is -3.12. The van der Waals surface area contributed by atoms with Crippen LogP contribution >= 0.6 is 15.9 Å². The first-order chi connectivity index (χ1) is 14.5. The fourth-order valence-electron chi connectivity index (χ4n) is 2.96. The maximum absolute atomic E-state index is 12.6. The summed E-state index contributed by atoms with van der Waals surface area (Å²) in [6.45, 7) is 4.38. The number of hydrogen-bond acceptors (Lipinski definition) is 3. The van der Waals surface area contributed by atoms with Crippen molar-refractivity contribution in [1.82, 2.24) is 5.32 Å². The molecule has 2 N–H and O–H groups in total. The Bertz CT molecular complexity index is 1040. The molecule has 2 amide bonds. The Balaban J connectivity index is 1.68. The van der Waals surface area contributed by atoms with E-state index in [0.29, 0.717) is 33.6 Å². The molecule has 154 valence electrons. The Morgan fingerprint density at radius 2 is 1.67 bits per heavy atom. The van der Waals surface area contributed by atoms with Crippen LogP contribution in [0.1, 0.15) is 46.2 Å². The van der Waals surface area contributed by atoms with Gasteiger partial charge < -0.3 is 15.4 Å². The molecule has 6 heteroatoms. The lowest BCUT2D eigenvalue weighted by molar-refractivity contribution is 0.0938. The zero-order valence-electron chi connectivity index (χ0n) is 16.8. The van der Waals surface area contributed by atoms with Gasteiger partial charge in [0.15, 0.2) is 0 Å². The predicted molar refractivity (Wildman–Crippen MR) is 122 cm³/mol. The molecule has 3 rings (SSSR count). The van der Waals surface area contributed by atoms with Crippen LogP contribution in [0.25, 0.3) is 0 Å². The molecule has 1 unspecified atom stereocenters. The number of anilines is 1. The quantitative estimate of drug-likeness (QED) is 0.476. The lowest BCUT2D eigenvalue weighted by atomic mass is 10.1. The maximum atomic E-state index is 12.6. The molecular weight excluding hydrogens is 444 g/mol. The standard InChI is InChI=1S/C24H23BrN2O3/c1-3-30-22-13-12-19(15-21(22)25)24(29)27-20-11-7-10-18(14-20)23(28)26-16(2)17-8-5-4-6-9-17/h4-16H,3H2,1-2H3,(H,26,28)(H,27,29). The minimum absolute atomic E-state index is 0.127. The van der Waals surface area contributed by atoms with E-state index in [-0.39, 0.29) is 17.9 Å². The van der Waals surface area contributed by atoms with Crippen molar-refractivity contribution in [2.24, 2.45) is 0 Å². The minimum Gasteiger partial charge on any atom is -0.493 e. The molecular formula is C24H23BrN2O3. The molecule has 0 aromatic heterocycles. The lowest BCUT2D eigenvalue weighted by Gasteiger charge is -2.15. The van der Waals surface area contributed by atoms with E-state index in [9.17, 15) is 9.59 Å². The van der Waals surface area contributed by atoms with Crippen molar-refractivity contribution in [1.29, 1.82) is 0 Å². The Morgan fingerprint density at radius 1 is 0.933 bits per heavy atom.